The zero-order chi connectivity index (χ0) is 20.8. The SMILES string of the molecule is CC12CCC(C(=O)N(CCCN3CCN(c4cccc(Cl)c4)CC3)C1=O)C2(C)C.Cl.Cl. The van der Waals surface area contributed by atoms with Gasteiger partial charge in [0.1, 0.15) is 0 Å². The quantitative estimate of drug-likeness (QED) is 0.570. The average Bonchev–Trinajstić information content (AvgIpc) is 2.88. The molecule has 174 valence electrons. The lowest BCUT2D eigenvalue weighted by atomic mass is 9.62. The number of carbonyl (C=O) groups excluding carboxylic acids is 2. The lowest BCUT2D eigenvalue weighted by Crippen LogP contribution is -2.59. The molecule has 4 rings (SSSR count). The summed E-state index contributed by atoms with van der Waals surface area (Å²) in [6, 6.07) is 8.01. The van der Waals surface area contributed by atoms with Crippen LogP contribution in [0, 0.1) is 16.7 Å². The summed E-state index contributed by atoms with van der Waals surface area (Å²) in [5, 5.41) is 0.770. The molecule has 5 nitrogen and oxygen atoms in total. The van der Waals surface area contributed by atoms with Crippen molar-refractivity contribution >= 4 is 53.9 Å². The van der Waals surface area contributed by atoms with Crippen molar-refractivity contribution in [3.8, 4) is 0 Å². The molecule has 1 aromatic carbocycles. The molecule has 0 aromatic heterocycles. The van der Waals surface area contributed by atoms with Crippen molar-refractivity contribution in [2.45, 2.75) is 40.0 Å². The first-order valence-corrected chi connectivity index (χ1v) is 11.2. The number of halogens is 3. The highest BCUT2D eigenvalue weighted by molar-refractivity contribution is 6.30. The molecule has 8 heteroatoms. The number of piperazine rings is 1. The normalized spacial score (nSPS) is 27.7. The van der Waals surface area contributed by atoms with Crippen molar-refractivity contribution in [2.24, 2.45) is 16.7 Å². The molecule has 2 saturated heterocycles. The van der Waals surface area contributed by atoms with Crippen molar-refractivity contribution in [2.75, 3.05) is 44.2 Å². The van der Waals surface area contributed by atoms with E-state index in [9.17, 15) is 9.59 Å². The number of carbonyl (C=O) groups is 2. The fourth-order valence-electron chi connectivity index (χ4n) is 5.47. The number of piperidine rings is 1. The zero-order valence-corrected chi connectivity index (χ0v) is 21.0. The molecular formula is C23H34Cl3N3O2. The smallest absolute Gasteiger partial charge is 0.235 e. The molecule has 3 aliphatic rings. The van der Waals surface area contributed by atoms with Crippen LogP contribution in [0.2, 0.25) is 5.02 Å². The van der Waals surface area contributed by atoms with Crippen LogP contribution in [0.15, 0.2) is 24.3 Å². The highest BCUT2D eigenvalue weighted by Gasteiger charge is 2.64. The summed E-state index contributed by atoms with van der Waals surface area (Å²) in [4.78, 5) is 32.4. The highest BCUT2D eigenvalue weighted by atomic mass is 35.5. The van der Waals surface area contributed by atoms with Crippen LogP contribution in [0.1, 0.15) is 40.0 Å². The van der Waals surface area contributed by atoms with Crippen molar-refractivity contribution in [1.82, 2.24) is 9.80 Å². The minimum atomic E-state index is -0.395. The van der Waals surface area contributed by atoms with E-state index in [-0.39, 0.29) is 48.0 Å². The molecule has 3 fully saturated rings. The molecule has 2 heterocycles. The van der Waals surface area contributed by atoms with Gasteiger partial charge in [-0.1, -0.05) is 38.4 Å². The molecule has 0 N–H and O–H groups in total. The summed E-state index contributed by atoms with van der Waals surface area (Å²) in [5.74, 6) is 0.0965. The van der Waals surface area contributed by atoms with Gasteiger partial charge < -0.3 is 4.90 Å². The molecule has 2 aliphatic heterocycles. The minimum Gasteiger partial charge on any atom is -0.369 e. The molecule has 1 saturated carbocycles. The Kier molecular flexibility index (Phi) is 8.35. The zero-order valence-electron chi connectivity index (χ0n) is 18.6. The first-order chi connectivity index (χ1) is 13.7. The van der Waals surface area contributed by atoms with E-state index in [4.69, 9.17) is 11.6 Å². The minimum absolute atomic E-state index is 0. The standard InChI is InChI=1S/C23H32ClN3O2.2ClH/c1-22(2)19-8-9-23(22,3)21(29)27(20(19)28)11-5-10-25-12-14-26(15-13-25)18-7-4-6-17(24)16-18;;/h4,6-7,16,19H,5,8-15H2,1-3H3;2*1H. The maximum absolute atomic E-state index is 13.1. The van der Waals surface area contributed by atoms with E-state index in [1.807, 2.05) is 18.2 Å². The Morgan fingerprint density at radius 3 is 2.35 bits per heavy atom. The lowest BCUT2D eigenvalue weighted by molar-refractivity contribution is -0.167. The third kappa shape index (κ3) is 4.57. The number of amides is 2. The maximum atomic E-state index is 13.1. The first-order valence-electron chi connectivity index (χ1n) is 10.8. The van der Waals surface area contributed by atoms with Gasteiger partial charge in [0.05, 0.1) is 5.41 Å². The largest absolute Gasteiger partial charge is 0.369 e. The Bertz CT molecular complexity index is 811. The van der Waals surface area contributed by atoms with Gasteiger partial charge in [0, 0.05) is 49.4 Å². The van der Waals surface area contributed by atoms with Crippen molar-refractivity contribution in [3.63, 3.8) is 0 Å². The Morgan fingerprint density at radius 1 is 1.03 bits per heavy atom. The number of hydrogen-bond acceptors (Lipinski definition) is 4. The topological polar surface area (TPSA) is 43.9 Å². The van der Waals surface area contributed by atoms with Gasteiger partial charge in [0.15, 0.2) is 0 Å². The van der Waals surface area contributed by atoms with Crippen LogP contribution in [0.25, 0.3) is 0 Å². The van der Waals surface area contributed by atoms with E-state index in [0.29, 0.717) is 6.54 Å². The second kappa shape index (κ2) is 9.86. The number of hydrogen-bond donors (Lipinski definition) is 0. The maximum Gasteiger partial charge on any atom is 0.235 e. The summed E-state index contributed by atoms with van der Waals surface area (Å²) in [7, 11) is 0. The average molecular weight is 491 g/mol. The molecule has 2 unspecified atom stereocenters. The van der Waals surface area contributed by atoms with Gasteiger partial charge in [0.25, 0.3) is 0 Å². The summed E-state index contributed by atoms with van der Waals surface area (Å²) >= 11 is 6.11. The van der Waals surface area contributed by atoms with Gasteiger partial charge in [0.2, 0.25) is 11.8 Å². The second-order valence-corrected chi connectivity index (χ2v) is 10.0. The van der Waals surface area contributed by atoms with Crippen molar-refractivity contribution in [1.29, 1.82) is 0 Å². The van der Waals surface area contributed by atoms with Crippen LogP contribution in [-0.4, -0.2) is 60.9 Å². The van der Waals surface area contributed by atoms with E-state index in [1.54, 1.807) is 4.90 Å². The molecule has 0 radical (unpaired) electrons. The van der Waals surface area contributed by atoms with Crippen LogP contribution in [-0.2, 0) is 9.59 Å². The van der Waals surface area contributed by atoms with E-state index < -0.39 is 5.41 Å². The number of rotatable bonds is 5. The van der Waals surface area contributed by atoms with Crippen LogP contribution >= 0.6 is 36.4 Å². The number of benzene rings is 1. The van der Waals surface area contributed by atoms with Gasteiger partial charge in [-0.2, -0.15) is 0 Å². The first kappa shape index (κ1) is 26.2. The van der Waals surface area contributed by atoms with E-state index in [0.717, 1.165) is 57.0 Å². The molecule has 1 aromatic rings. The van der Waals surface area contributed by atoms with Crippen LogP contribution in [0.5, 0.6) is 0 Å². The summed E-state index contributed by atoms with van der Waals surface area (Å²) in [6.45, 7) is 11.6. The number of likely N-dealkylation sites (tertiary alicyclic amines) is 1. The molecular weight excluding hydrogens is 457 g/mol. The van der Waals surface area contributed by atoms with Gasteiger partial charge in [-0.25, -0.2) is 0 Å². The third-order valence-corrected chi connectivity index (χ3v) is 8.14. The van der Waals surface area contributed by atoms with E-state index in [2.05, 4.69) is 36.6 Å². The summed E-state index contributed by atoms with van der Waals surface area (Å²) in [6.07, 6.45) is 2.52. The lowest BCUT2D eigenvalue weighted by Gasteiger charge is -2.47. The number of anilines is 1. The molecule has 0 spiro atoms. The Morgan fingerprint density at radius 2 is 1.71 bits per heavy atom. The van der Waals surface area contributed by atoms with Crippen molar-refractivity contribution in [3.05, 3.63) is 29.3 Å². The molecule has 2 amide bonds. The van der Waals surface area contributed by atoms with Crippen LogP contribution in [0.4, 0.5) is 5.69 Å². The Hall–Kier alpha value is -1.01. The van der Waals surface area contributed by atoms with Gasteiger partial charge in [-0.3, -0.25) is 19.4 Å². The fourth-order valence-corrected chi connectivity index (χ4v) is 5.65. The summed E-state index contributed by atoms with van der Waals surface area (Å²) < 4.78 is 0. The predicted octanol–water partition coefficient (Wildman–Crippen LogP) is 4.51. The van der Waals surface area contributed by atoms with Crippen LogP contribution < -0.4 is 4.90 Å². The molecule has 1 aliphatic carbocycles. The van der Waals surface area contributed by atoms with Crippen LogP contribution in [0.3, 0.4) is 0 Å². The fraction of sp³-hybridized carbons (Fsp3) is 0.652. The highest BCUT2D eigenvalue weighted by Crippen LogP contribution is 2.60. The monoisotopic (exact) mass is 489 g/mol. The van der Waals surface area contributed by atoms with Gasteiger partial charge in [-0.05, 0) is 49.4 Å². The molecule has 31 heavy (non-hydrogen) atoms. The number of fused-ring (bicyclic) bond motifs is 2. The van der Waals surface area contributed by atoms with Gasteiger partial charge >= 0.3 is 0 Å². The Labute approximate surface area is 203 Å². The number of imide groups is 1. The predicted molar refractivity (Wildman–Crippen MR) is 131 cm³/mol. The van der Waals surface area contributed by atoms with E-state index >= 15 is 0 Å². The van der Waals surface area contributed by atoms with Crippen molar-refractivity contribution < 1.29 is 9.59 Å². The van der Waals surface area contributed by atoms with Gasteiger partial charge in [-0.15, -0.1) is 24.8 Å². The van der Waals surface area contributed by atoms with E-state index in [1.165, 1.54) is 5.69 Å². The second-order valence-electron chi connectivity index (χ2n) is 9.60. The number of nitrogens with zero attached hydrogens (tertiary/aromatic N) is 3. The summed E-state index contributed by atoms with van der Waals surface area (Å²) in [5.41, 5.74) is 0.552. The Balaban J connectivity index is 0.00000171. The molecule has 2 atom stereocenters. The molecule has 2 bridgehead atoms. The third-order valence-electron chi connectivity index (χ3n) is 7.91.